The summed E-state index contributed by atoms with van der Waals surface area (Å²) in [4.78, 5) is 11.3. The topological polar surface area (TPSA) is 26.3 Å². The van der Waals surface area contributed by atoms with Gasteiger partial charge in [0.2, 0.25) is 0 Å². The quantitative estimate of drug-likeness (QED) is 0.515. The van der Waals surface area contributed by atoms with Crippen molar-refractivity contribution >= 4 is 5.97 Å². The molecule has 3 atom stereocenters. The first kappa shape index (κ1) is 10.7. The Labute approximate surface area is 91.7 Å². The zero-order chi connectivity index (χ0) is 11.3. The van der Waals surface area contributed by atoms with Gasteiger partial charge in [0, 0.05) is 11.5 Å². The van der Waals surface area contributed by atoms with Gasteiger partial charge in [-0.2, -0.15) is 0 Å². The molecule has 2 rings (SSSR count). The zero-order valence-corrected chi connectivity index (χ0v) is 9.88. The maximum absolute atomic E-state index is 11.3. The highest BCUT2D eigenvalue weighted by Crippen LogP contribution is 2.66. The van der Waals surface area contributed by atoms with E-state index < -0.39 is 0 Å². The number of hydrogen-bond acceptors (Lipinski definition) is 2. The summed E-state index contributed by atoms with van der Waals surface area (Å²) in [6, 6.07) is 0. The van der Waals surface area contributed by atoms with Crippen LogP contribution in [0.4, 0.5) is 0 Å². The van der Waals surface area contributed by atoms with Gasteiger partial charge in [-0.1, -0.05) is 27.4 Å². The molecule has 0 aliphatic heterocycles. The first-order valence-corrected chi connectivity index (χ1v) is 5.75. The molecular formula is C13H20O2. The Hall–Kier alpha value is -0.790. The van der Waals surface area contributed by atoms with Crippen molar-refractivity contribution in [3.8, 4) is 0 Å². The Bertz CT molecular complexity index is 306. The van der Waals surface area contributed by atoms with E-state index in [4.69, 9.17) is 4.74 Å². The number of ether oxygens (including phenoxy) is 1. The van der Waals surface area contributed by atoms with E-state index in [9.17, 15) is 4.79 Å². The number of fused-ring (bicyclic) bond motifs is 2. The van der Waals surface area contributed by atoms with Crippen LogP contribution >= 0.6 is 0 Å². The standard InChI is InChI=1S/C13H20O2/c1-5-11(14)15-10-8-9-6-7-13(10,4)12(9,2)3/h5,9-10H,1,6-8H2,2-4H3/t9-,10+,13+/m0/s1. The highest BCUT2D eigenvalue weighted by atomic mass is 16.5. The van der Waals surface area contributed by atoms with E-state index in [2.05, 4.69) is 27.4 Å². The van der Waals surface area contributed by atoms with E-state index in [1.54, 1.807) is 0 Å². The Morgan fingerprint density at radius 2 is 2.13 bits per heavy atom. The minimum Gasteiger partial charge on any atom is -0.459 e. The van der Waals surface area contributed by atoms with Gasteiger partial charge in [-0.15, -0.1) is 0 Å². The van der Waals surface area contributed by atoms with Gasteiger partial charge in [-0.3, -0.25) is 0 Å². The van der Waals surface area contributed by atoms with Crippen molar-refractivity contribution in [3.05, 3.63) is 12.7 Å². The van der Waals surface area contributed by atoms with Crippen LogP contribution in [0.5, 0.6) is 0 Å². The van der Waals surface area contributed by atoms with Crippen LogP contribution in [0.1, 0.15) is 40.0 Å². The first-order valence-electron chi connectivity index (χ1n) is 5.75. The number of hydrogen-bond donors (Lipinski definition) is 0. The molecule has 2 fully saturated rings. The molecule has 2 aliphatic carbocycles. The third-order valence-corrected chi connectivity index (χ3v) is 5.14. The van der Waals surface area contributed by atoms with Gasteiger partial charge in [0.1, 0.15) is 6.10 Å². The molecule has 0 N–H and O–H groups in total. The Morgan fingerprint density at radius 3 is 2.53 bits per heavy atom. The van der Waals surface area contributed by atoms with Crippen LogP contribution in [-0.2, 0) is 9.53 Å². The summed E-state index contributed by atoms with van der Waals surface area (Å²) >= 11 is 0. The Morgan fingerprint density at radius 1 is 1.47 bits per heavy atom. The molecule has 0 aromatic rings. The molecule has 0 spiro atoms. The minimum absolute atomic E-state index is 0.0942. The summed E-state index contributed by atoms with van der Waals surface area (Å²) in [7, 11) is 0. The molecule has 2 heteroatoms. The van der Waals surface area contributed by atoms with Crippen molar-refractivity contribution in [2.45, 2.75) is 46.1 Å². The van der Waals surface area contributed by atoms with Crippen molar-refractivity contribution in [2.75, 3.05) is 0 Å². The van der Waals surface area contributed by atoms with Gasteiger partial charge >= 0.3 is 5.97 Å². The van der Waals surface area contributed by atoms with E-state index in [0.29, 0.717) is 11.3 Å². The molecule has 2 aliphatic rings. The molecule has 2 nitrogen and oxygen atoms in total. The summed E-state index contributed by atoms with van der Waals surface area (Å²) in [5, 5.41) is 0. The largest absolute Gasteiger partial charge is 0.459 e. The van der Waals surface area contributed by atoms with Crippen LogP contribution in [0.2, 0.25) is 0 Å². The van der Waals surface area contributed by atoms with E-state index in [1.807, 2.05) is 0 Å². The first-order chi connectivity index (χ1) is 6.91. The molecular weight excluding hydrogens is 188 g/mol. The predicted octanol–water partition coefficient (Wildman–Crippen LogP) is 2.93. The highest BCUT2D eigenvalue weighted by molar-refractivity contribution is 5.81. The molecule has 0 aromatic carbocycles. The minimum atomic E-state index is -0.274. The zero-order valence-electron chi connectivity index (χ0n) is 9.88. The number of carbonyl (C=O) groups is 1. The molecule has 2 bridgehead atoms. The molecule has 2 saturated carbocycles. The van der Waals surface area contributed by atoms with E-state index >= 15 is 0 Å². The van der Waals surface area contributed by atoms with E-state index in [1.165, 1.54) is 18.9 Å². The molecule has 0 amide bonds. The van der Waals surface area contributed by atoms with Crippen molar-refractivity contribution in [2.24, 2.45) is 16.7 Å². The Balaban J connectivity index is 2.19. The smallest absolute Gasteiger partial charge is 0.330 e. The lowest BCUT2D eigenvalue weighted by molar-refractivity contribution is -0.150. The summed E-state index contributed by atoms with van der Waals surface area (Å²) in [6.45, 7) is 10.3. The van der Waals surface area contributed by atoms with E-state index in [-0.39, 0.29) is 17.5 Å². The molecule has 0 heterocycles. The molecule has 0 unspecified atom stereocenters. The van der Waals surface area contributed by atoms with Crippen LogP contribution in [0.15, 0.2) is 12.7 Å². The molecule has 0 aromatic heterocycles. The lowest BCUT2D eigenvalue weighted by Crippen LogP contribution is -2.38. The average molecular weight is 208 g/mol. The lowest BCUT2D eigenvalue weighted by Gasteiger charge is -2.38. The molecule has 0 saturated heterocycles. The second kappa shape index (κ2) is 3.10. The fourth-order valence-electron chi connectivity index (χ4n) is 3.50. The van der Waals surface area contributed by atoms with Gasteiger partial charge in [0.05, 0.1) is 0 Å². The summed E-state index contributed by atoms with van der Waals surface area (Å²) in [5.41, 5.74) is 0.468. The van der Waals surface area contributed by atoms with Gasteiger partial charge in [0.25, 0.3) is 0 Å². The third-order valence-electron chi connectivity index (χ3n) is 5.14. The van der Waals surface area contributed by atoms with Crippen molar-refractivity contribution in [1.82, 2.24) is 0 Å². The van der Waals surface area contributed by atoms with Crippen LogP contribution in [0, 0.1) is 16.7 Å². The number of carbonyl (C=O) groups excluding carboxylic acids is 1. The second-order valence-electron chi connectivity index (χ2n) is 5.74. The highest BCUT2D eigenvalue weighted by Gasteiger charge is 2.62. The van der Waals surface area contributed by atoms with Crippen molar-refractivity contribution < 1.29 is 9.53 Å². The number of rotatable bonds is 2. The molecule has 84 valence electrons. The van der Waals surface area contributed by atoms with Gasteiger partial charge < -0.3 is 4.74 Å². The summed E-state index contributed by atoms with van der Waals surface area (Å²) < 4.78 is 5.48. The fourth-order valence-corrected chi connectivity index (χ4v) is 3.50. The predicted molar refractivity (Wildman–Crippen MR) is 59.3 cm³/mol. The average Bonchev–Trinajstić information content (AvgIpc) is 2.50. The second-order valence-corrected chi connectivity index (χ2v) is 5.74. The van der Waals surface area contributed by atoms with E-state index in [0.717, 1.165) is 6.42 Å². The SMILES string of the molecule is C=CC(=O)O[C@@H]1C[C@@H]2CC[C@@]1(C)C2(C)C. The van der Waals surface area contributed by atoms with Crippen LogP contribution in [0.25, 0.3) is 0 Å². The third kappa shape index (κ3) is 1.27. The van der Waals surface area contributed by atoms with Crippen molar-refractivity contribution in [1.29, 1.82) is 0 Å². The maximum Gasteiger partial charge on any atom is 0.330 e. The van der Waals surface area contributed by atoms with Gasteiger partial charge in [-0.05, 0) is 30.6 Å². The maximum atomic E-state index is 11.3. The molecule has 15 heavy (non-hydrogen) atoms. The Kier molecular flexibility index (Phi) is 2.21. The molecule has 0 radical (unpaired) electrons. The summed E-state index contributed by atoms with van der Waals surface area (Å²) in [5.74, 6) is 0.440. The lowest BCUT2D eigenvalue weighted by atomic mass is 9.70. The van der Waals surface area contributed by atoms with Crippen LogP contribution in [0.3, 0.4) is 0 Å². The van der Waals surface area contributed by atoms with Crippen LogP contribution in [-0.4, -0.2) is 12.1 Å². The summed E-state index contributed by atoms with van der Waals surface area (Å²) in [6.07, 6.45) is 4.85. The number of esters is 1. The van der Waals surface area contributed by atoms with Gasteiger partial charge in [-0.25, -0.2) is 4.79 Å². The monoisotopic (exact) mass is 208 g/mol. The van der Waals surface area contributed by atoms with Crippen molar-refractivity contribution in [3.63, 3.8) is 0 Å². The normalized spacial score (nSPS) is 41.5. The fraction of sp³-hybridized carbons (Fsp3) is 0.769. The van der Waals surface area contributed by atoms with Crippen LogP contribution < -0.4 is 0 Å². The van der Waals surface area contributed by atoms with Gasteiger partial charge in [0.15, 0.2) is 0 Å².